The zero-order valence-corrected chi connectivity index (χ0v) is 12.3. The number of nitrogens with one attached hydrogen (secondary N) is 1. The van der Waals surface area contributed by atoms with Gasteiger partial charge in [-0.2, -0.15) is 0 Å². The van der Waals surface area contributed by atoms with Crippen LogP contribution in [0.5, 0.6) is 5.75 Å². The summed E-state index contributed by atoms with van der Waals surface area (Å²) in [5, 5.41) is 3.80. The normalized spacial score (nSPS) is 16.4. The topological polar surface area (TPSA) is 21.3 Å². The van der Waals surface area contributed by atoms with Crippen molar-refractivity contribution >= 4 is 11.6 Å². The van der Waals surface area contributed by atoms with Crippen molar-refractivity contribution < 1.29 is 4.74 Å². The fourth-order valence-corrected chi connectivity index (χ4v) is 2.93. The van der Waals surface area contributed by atoms with E-state index in [0.29, 0.717) is 17.5 Å². The summed E-state index contributed by atoms with van der Waals surface area (Å²) in [4.78, 5) is 0. The van der Waals surface area contributed by atoms with E-state index in [1.54, 1.807) is 0 Å². The van der Waals surface area contributed by atoms with Crippen LogP contribution in [0.25, 0.3) is 0 Å². The minimum Gasteiger partial charge on any atom is -0.491 e. The summed E-state index contributed by atoms with van der Waals surface area (Å²) in [7, 11) is 1.92. The molecule has 0 saturated carbocycles. The number of halogens is 1. The first-order chi connectivity index (χ1) is 9.78. The number of benzene rings is 2. The van der Waals surface area contributed by atoms with Crippen LogP contribution in [0.3, 0.4) is 0 Å². The van der Waals surface area contributed by atoms with Gasteiger partial charge in [0.2, 0.25) is 0 Å². The molecule has 104 valence electrons. The first kappa shape index (κ1) is 13.5. The van der Waals surface area contributed by atoms with E-state index in [1.165, 1.54) is 16.7 Å². The molecular weight excluding hydrogens is 270 g/mol. The summed E-state index contributed by atoms with van der Waals surface area (Å²) in [6.45, 7) is 1.51. The standard InChI is InChI=1S/C17H18ClNO/c1-19-10-12-6-7-17(16(18)8-12)20-11-14-9-13-4-2-3-5-15(13)14/h2-8,14,19H,9-11H2,1H3. The van der Waals surface area contributed by atoms with Crippen molar-refractivity contribution in [2.45, 2.75) is 18.9 Å². The summed E-state index contributed by atoms with van der Waals surface area (Å²) in [5.41, 5.74) is 4.02. The molecule has 1 atom stereocenters. The highest BCUT2D eigenvalue weighted by Gasteiger charge is 2.26. The van der Waals surface area contributed by atoms with Gasteiger partial charge in [-0.05, 0) is 42.3 Å². The Balaban J connectivity index is 1.62. The Morgan fingerprint density at radius 3 is 2.85 bits per heavy atom. The third kappa shape index (κ3) is 2.67. The average Bonchev–Trinajstić information content (AvgIpc) is 2.42. The molecule has 0 saturated heterocycles. The van der Waals surface area contributed by atoms with Gasteiger partial charge in [0.1, 0.15) is 5.75 Å². The van der Waals surface area contributed by atoms with Crippen molar-refractivity contribution in [2.75, 3.05) is 13.7 Å². The molecule has 2 nitrogen and oxygen atoms in total. The lowest BCUT2D eigenvalue weighted by Gasteiger charge is -2.30. The van der Waals surface area contributed by atoms with E-state index >= 15 is 0 Å². The number of hydrogen-bond acceptors (Lipinski definition) is 2. The number of fused-ring (bicyclic) bond motifs is 1. The van der Waals surface area contributed by atoms with Crippen LogP contribution in [0.4, 0.5) is 0 Å². The Morgan fingerprint density at radius 2 is 2.10 bits per heavy atom. The van der Waals surface area contributed by atoms with Crippen LogP contribution in [0, 0.1) is 0 Å². The van der Waals surface area contributed by atoms with Gasteiger partial charge in [-0.15, -0.1) is 0 Å². The fourth-order valence-electron chi connectivity index (χ4n) is 2.68. The minimum absolute atomic E-state index is 0.499. The van der Waals surface area contributed by atoms with Crippen LogP contribution in [0.2, 0.25) is 5.02 Å². The molecule has 1 N–H and O–H groups in total. The van der Waals surface area contributed by atoms with Gasteiger partial charge in [0.15, 0.2) is 0 Å². The maximum absolute atomic E-state index is 6.26. The molecule has 0 spiro atoms. The monoisotopic (exact) mass is 287 g/mol. The zero-order valence-electron chi connectivity index (χ0n) is 11.5. The lowest BCUT2D eigenvalue weighted by Crippen LogP contribution is -2.23. The van der Waals surface area contributed by atoms with Crippen molar-refractivity contribution in [3.63, 3.8) is 0 Å². The van der Waals surface area contributed by atoms with Crippen LogP contribution in [0.15, 0.2) is 42.5 Å². The molecule has 0 heterocycles. The molecule has 0 aliphatic heterocycles. The molecule has 1 aliphatic rings. The molecular formula is C17H18ClNO. The van der Waals surface area contributed by atoms with Gasteiger partial charge in [-0.1, -0.05) is 41.9 Å². The summed E-state index contributed by atoms with van der Waals surface area (Å²) in [6, 6.07) is 14.5. The van der Waals surface area contributed by atoms with Crippen molar-refractivity contribution in [2.24, 2.45) is 0 Å². The Labute approximate surface area is 124 Å². The van der Waals surface area contributed by atoms with Crippen LogP contribution < -0.4 is 10.1 Å². The van der Waals surface area contributed by atoms with E-state index in [9.17, 15) is 0 Å². The second kappa shape index (κ2) is 5.86. The molecule has 0 amide bonds. The van der Waals surface area contributed by atoms with E-state index in [0.717, 1.165) is 18.7 Å². The predicted octanol–water partition coefficient (Wildman–Crippen LogP) is 3.78. The Morgan fingerprint density at radius 1 is 1.25 bits per heavy atom. The largest absolute Gasteiger partial charge is 0.491 e. The lowest BCUT2D eigenvalue weighted by atomic mass is 9.78. The van der Waals surface area contributed by atoms with Crippen LogP contribution in [-0.2, 0) is 13.0 Å². The van der Waals surface area contributed by atoms with E-state index in [2.05, 4.69) is 29.6 Å². The van der Waals surface area contributed by atoms with Crippen molar-refractivity contribution in [3.05, 3.63) is 64.2 Å². The molecule has 1 aliphatic carbocycles. The van der Waals surface area contributed by atoms with E-state index in [-0.39, 0.29) is 0 Å². The highest BCUT2D eigenvalue weighted by molar-refractivity contribution is 6.32. The molecule has 3 heteroatoms. The summed E-state index contributed by atoms with van der Waals surface area (Å²) in [6.07, 6.45) is 1.10. The lowest BCUT2D eigenvalue weighted by molar-refractivity contribution is 0.275. The highest BCUT2D eigenvalue weighted by Crippen LogP contribution is 2.36. The van der Waals surface area contributed by atoms with Gasteiger partial charge in [0.25, 0.3) is 0 Å². The second-order valence-corrected chi connectivity index (χ2v) is 5.61. The van der Waals surface area contributed by atoms with Crippen LogP contribution >= 0.6 is 11.6 Å². The van der Waals surface area contributed by atoms with E-state index < -0.39 is 0 Å². The van der Waals surface area contributed by atoms with Crippen LogP contribution in [-0.4, -0.2) is 13.7 Å². The Bertz CT molecular complexity index is 612. The van der Waals surface area contributed by atoms with E-state index in [1.807, 2.05) is 25.2 Å². The first-order valence-corrected chi connectivity index (χ1v) is 7.29. The van der Waals surface area contributed by atoms with Gasteiger partial charge < -0.3 is 10.1 Å². The third-order valence-corrected chi connectivity index (χ3v) is 4.07. The van der Waals surface area contributed by atoms with Crippen LogP contribution in [0.1, 0.15) is 22.6 Å². The number of rotatable bonds is 5. The second-order valence-electron chi connectivity index (χ2n) is 5.21. The first-order valence-electron chi connectivity index (χ1n) is 6.91. The van der Waals surface area contributed by atoms with Crippen molar-refractivity contribution in [3.8, 4) is 5.75 Å². The van der Waals surface area contributed by atoms with Gasteiger partial charge in [0.05, 0.1) is 11.6 Å². The smallest absolute Gasteiger partial charge is 0.137 e. The molecule has 0 aromatic heterocycles. The Hall–Kier alpha value is -1.51. The maximum atomic E-state index is 6.26. The minimum atomic E-state index is 0.499. The van der Waals surface area contributed by atoms with Gasteiger partial charge in [-0.3, -0.25) is 0 Å². The predicted molar refractivity (Wildman–Crippen MR) is 82.6 cm³/mol. The molecule has 3 rings (SSSR count). The fraction of sp³-hybridized carbons (Fsp3) is 0.294. The molecule has 0 radical (unpaired) electrons. The SMILES string of the molecule is CNCc1ccc(OCC2Cc3ccccc32)c(Cl)c1. The summed E-state index contributed by atoms with van der Waals surface area (Å²) >= 11 is 6.26. The Kier molecular flexibility index (Phi) is 3.95. The molecule has 1 unspecified atom stereocenters. The van der Waals surface area contributed by atoms with E-state index in [4.69, 9.17) is 16.3 Å². The highest BCUT2D eigenvalue weighted by atomic mass is 35.5. The van der Waals surface area contributed by atoms with Crippen molar-refractivity contribution in [1.29, 1.82) is 0 Å². The summed E-state index contributed by atoms with van der Waals surface area (Å²) in [5.74, 6) is 1.27. The van der Waals surface area contributed by atoms with Gasteiger partial charge >= 0.3 is 0 Å². The van der Waals surface area contributed by atoms with Gasteiger partial charge in [0, 0.05) is 12.5 Å². The van der Waals surface area contributed by atoms with Crippen molar-refractivity contribution in [1.82, 2.24) is 5.32 Å². The van der Waals surface area contributed by atoms with Gasteiger partial charge in [-0.25, -0.2) is 0 Å². The number of ether oxygens (including phenoxy) is 1. The number of hydrogen-bond donors (Lipinski definition) is 1. The average molecular weight is 288 g/mol. The molecule has 2 aromatic rings. The molecule has 20 heavy (non-hydrogen) atoms. The maximum Gasteiger partial charge on any atom is 0.137 e. The molecule has 2 aromatic carbocycles. The third-order valence-electron chi connectivity index (χ3n) is 3.78. The zero-order chi connectivity index (χ0) is 13.9. The molecule has 0 bridgehead atoms. The quantitative estimate of drug-likeness (QED) is 0.904. The summed E-state index contributed by atoms with van der Waals surface area (Å²) < 4.78 is 5.88. The molecule has 0 fully saturated rings.